The molecule has 3 aromatic heterocycles. The van der Waals surface area contributed by atoms with Gasteiger partial charge in [0.1, 0.15) is 17.8 Å². The largest absolute Gasteiger partial charge is 0.416 e. The lowest BCUT2D eigenvalue weighted by atomic mass is 9.97. The standard InChI is InChI=1S/C34H39ClF3N9O5/c1-5-26-28(43-12-14-44(15-13-43)30(49)23-17-39-46(19(2)3)31(23)50)32(51)47-33(41-29(42-47)20-6-9-22(52-4)10-7-20)45(26)18-27(48)40-25-11-8-21(16-24(25)35)34(36,37)38/h6,8,11,16-17,19,22,39H,5,7,9-10,12-15,18H2,1-4H3,(H,40,48). The van der Waals surface area contributed by atoms with Crippen LogP contribution in [0.25, 0.3) is 11.4 Å². The molecule has 0 radical (unpaired) electrons. The summed E-state index contributed by atoms with van der Waals surface area (Å²) < 4.78 is 49.3. The molecule has 2 N–H and O–H groups in total. The van der Waals surface area contributed by atoms with E-state index in [1.807, 2.05) is 31.7 Å². The Hall–Kier alpha value is -4.90. The highest BCUT2D eigenvalue weighted by Gasteiger charge is 2.32. The summed E-state index contributed by atoms with van der Waals surface area (Å²) in [4.78, 5) is 62.1. The Morgan fingerprint density at radius 1 is 1.13 bits per heavy atom. The number of ether oxygens (including phenoxy) is 1. The third-order valence-electron chi connectivity index (χ3n) is 9.44. The summed E-state index contributed by atoms with van der Waals surface area (Å²) in [5, 5.41) is 9.73. The molecule has 1 fully saturated rings. The molecular weight excluding hydrogens is 707 g/mol. The maximum absolute atomic E-state index is 14.3. The van der Waals surface area contributed by atoms with E-state index < -0.39 is 34.7 Å². The van der Waals surface area contributed by atoms with E-state index in [0.717, 1.165) is 34.7 Å². The minimum Gasteiger partial charge on any atom is -0.381 e. The van der Waals surface area contributed by atoms with Gasteiger partial charge in [-0.05, 0) is 63.3 Å². The first-order valence-electron chi connectivity index (χ1n) is 17.0. The van der Waals surface area contributed by atoms with Crippen LogP contribution in [0.4, 0.5) is 24.5 Å². The van der Waals surface area contributed by atoms with Gasteiger partial charge in [-0.3, -0.25) is 23.9 Å². The predicted molar refractivity (Wildman–Crippen MR) is 188 cm³/mol. The topological polar surface area (TPSA) is 152 Å². The second-order valence-corrected chi connectivity index (χ2v) is 13.4. The molecule has 52 heavy (non-hydrogen) atoms. The number of carbonyl (C=O) groups excluding carboxylic acids is 2. The van der Waals surface area contributed by atoms with E-state index >= 15 is 0 Å². The van der Waals surface area contributed by atoms with Gasteiger partial charge in [0.2, 0.25) is 11.7 Å². The first-order chi connectivity index (χ1) is 24.7. The van der Waals surface area contributed by atoms with Gasteiger partial charge in [0.25, 0.3) is 17.0 Å². The average molecular weight is 746 g/mol. The van der Waals surface area contributed by atoms with Gasteiger partial charge >= 0.3 is 6.18 Å². The minimum atomic E-state index is -4.61. The summed E-state index contributed by atoms with van der Waals surface area (Å²) in [5.74, 6) is -0.586. The van der Waals surface area contributed by atoms with Gasteiger partial charge in [-0.15, -0.1) is 5.10 Å². The third kappa shape index (κ3) is 7.11. The van der Waals surface area contributed by atoms with E-state index in [-0.39, 0.29) is 72.6 Å². The lowest BCUT2D eigenvalue weighted by Crippen LogP contribution is -2.51. The molecule has 14 nitrogen and oxygen atoms in total. The molecule has 2 aliphatic rings. The Labute approximate surface area is 300 Å². The zero-order chi connectivity index (χ0) is 37.5. The van der Waals surface area contributed by atoms with Gasteiger partial charge in [-0.1, -0.05) is 24.6 Å². The fourth-order valence-corrected chi connectivity index (χ4v) is 6.87. The number of alkyl halides is 3. The average Bonchev–Trinajstić information content (AvgIpc) is 3.74. The van der Waals surface area contributed by atoms with E-state index in [1.54, 1.807) is 16.6 Å². The lowest BCUT2D eigenvalue weighted by molar-refractivity contribution is -0.137. The number of anilines is 2. The third-order valence-corrected chi connectivity index (χ3v) is 9.76. The van der Waals surface area contributed by atoms with Crippen molar-refractivity contribution in [1.82, 2.24) is 33.8 Å². The van der Waals surface area contributed by atoms with Gasteiger partial charge in [-0.2, -0.15) is 22.7 Å². The Balaban J connectivity index is 1.34. The number of methoxy groups -OCH3 is 1. The van der Waals surface area contributed by atoms with Crippen LogP contribution in [0.15, 0.2) is 40.1 Å². The van der Waals surface area contributed by atoms with Crippen LogP contribution < -0.4 is 21.3 Å². The number of hydrogen-bond acceptors (Lipinski definition) is 8. The maximum Gasteiger partial charge on any atom is 0.416 e. The molecule has 278 valence electrons. The SMILES string of the molecule is CCc1c(N2CCN(C(=O)c3c[nH]n(C(C)C)c3=O)CC2)c(=O)n2nc(C3=CCC(OC)CC3)nc2n1CC(=O)Nc1ccc(C(F)(F)F)cc1Cl. The van der Waals surface area contributed by atoms with Crippen LogP contribution >= 0.6 is 11.6 Å². The highest BCUT2D eigenvalue weighted by molar-refractivity contribution is 6.33. The molecule has 1 saturated heterocycles. The van der Waals surface area contributed by atoms with Crippen molar-refractivity contribution in [3.05, 3.63) is 78.8 Å². The van der Waals surface area contributed by atoms with E-state index in [9.17, 15) is 32.3 Å². The molecule has 0 bridgehead atoms. The van der Waals surface area contributed by atoms with Crippen LogP contribution in [0.1, 0.15) is 73.5 Å². The van der Waals surface area contributed by atoms with Gasteiger partial charge in [0.15, 0.2) is 5.82 Å². The number of halogens is 4. The Bertz CT molecular complexity index is 2160. The number of aromatic amines is 1. The van der Waals surface area contributed by atoms with E-state index in [4.69, 9.17) is 21.3 Å². The summed E-state index contributed by atoms with van der Waals surface area (Å²) in [6, 6.07) is 2.49. The monoisotopic (exact) mass is 745 g/mol. The molecule has 4 aromatic rings. The first-order valence-corrected chi connectivity index (χ1v) is 17.3. The first kappa shape index (κ1) is 36.9. The van der Waals surface area contributed by atoms with Crippen molar-refractivity contribution in [2.75, 3.05) is 43.5 Å². The van der Waals surface area contributed by atoms with Crippen molar-refractivity contribution < 1.29 is 27.5 Å². The highest BCUT2D eigenvalue weighted by atomic mass is 35.5. The highest BCUT2D eigenvalue weighted by Crippen LogP contribution is 2.34. The molecule has 1 unspecified atom stereocenters. The molecule has 0 spiro atoms. The quantitative estimate of drug-likeness (QED) is 0.256. The zero-order valence-electron chi connectivity index (χ0n) is 29.1. The van der Waals surface area contributed by atoms with E-state index in [2.05, 4.69) is 15.5 Å². The number of aromatic nitrogens is 6. The molecule has 1 atom stereocenters. The Kier molecular flexibility index (Phi) is 10.4. The number of hydrogen-bond donors (Lipinski definition) is 2. The fourth-order valence-electron chi connectivity index (χ4n) is 6.64. The van der Waals surface area contributed by atoms with E-state index in [1.165, 1.54) is 10.9 Å². The zero-order valence-corrected chi connectivity index (χ0v) is 29.8. The van der Waals surface area contributed by atoms with Crippen molar-refractivity contribution in [3.63, 3.8) is 0 Å². The van der Waals surface area contributed by atoms with Gasteiger partial charge < -0.3 is 29.5 Å². The van der Waals surface area contributed by atoms with Crippen molar-refractivity contribution in [2.45, 2.75) is 71.3 Å². The number of amides is 2. The fraction of sp³-hybridized carbons (Fsp3) is 0.471. The van der Waals surface area contributed by atoms with Crippen molar-refractivity contribution >= 4 is 46.1 Å². The normalized spacial score (nSPS) is 16.9. The second kappa shape index (κ2) is 14.6. The summed E-state index contributed by atoms with van der Waals surface area (Å²) in [6.07, 6.45) is 1.11. The number of carbonyl (C=O) groups is 2. The number of allylic oxidation sites excluding steroid dienone is 1. The summed E-state index contributed by atoms with van der Waals surface area (Å²) in [6.45, 7) is 6.05. The molecule has 1 aliphatic heterocycles. The van der Waals surface area contributed by atoms with Gasteiger partial charge in [0, 0.05) is 45.5 Å². The molecule has 6 rings (SSSR count). The molecule has 1 aliphatic carbocycles. The number of nitrogens with zero attached hydrogens (tertiary/aromatic N) is 7. The number of benzene rings is 1. The van der Waals surface area contributed by atoms with Crippen LogP contribution in [0.5, 0.6) is 0 Å². The van der Waals surface area contributed by atoms with Gasteiger partial charge in [0.05, 0.1) is 28.1 Å². The summed E-state index contributed by atoms with van der Waals surface area (Å²) >= 11 is 6.13. The molecule has 4 heterocycles. The number of nitrogens with one attached hydrogen (secondary N) is 2. The van der Waals surface area contributed by atoms with Crippen LogP contribution in [0, 0.1) is 0 Å². The molecular formula is C34H39ClF3N9O5. The van der Waals surface area contributed by atoms with Crippen LogP contribution in [-0.2, 0) is 28.7 Å². The van der Waals surface area contributed by atoms with Crippen LogP contribution in [0.3, 0.4) is 0 Å². The molecule has 1 aromatic carbocycles. The second-order valence-electron chi connectivity index (χ2n) is 13.0. The molecule has 0 saturated carbocycles. The Morgan fingerprint density at radius 2 is 1.87 bits per heavy atom. The van der Waals surface area contributed by atoms with Crippen LogP contribution in [-0.4, -0.2) is 85.1 Å². The predicted octanol–water partition coefficient (Wildman–Crippen LogP) is 4.38. The number of piperazine rings is 1. The Morgan fingerprint density at radius 3 is 2.44 bits per heavy atom. The maximum atomic E-state index is 14.3. The molecule has 2 amide bonds. The van der Waals surface area contributed by atoms with E-state index in [0.29, 0.717) is 30.8 Å². The minimum absolute atomic E-state index is 0.0134. The number of rotatable bonds is 9. The summed E-state index contributed by atoms with van der Waals surface area (Å²) in [7, 11) is 1.65. The van der Waals surface area contributed by atoms with Crippen molar-refractivity contribution in [3.8, 4) is 0 Å². The number of fused-ring (bicyclic) bond motifs is 1. The smallest absolute Gasteiger partial charge is 0.381 e. The van der Waals surface area contributed by atoms with Crippen molar-refractivity contribution in [1.29, 1.82) is 0 Å². The molecule has 18 heteroatoms. The number of H-pyrrole nitrogens is 1. The lowest BCUT2D eigenvalue weighted by Gasteiger charge is -2.36. The summed E-state index contributed by atoms with van der Waals surface area (Å²) in [5.41, 5.74) is -0.215. The van der Waals surface area contributed by atoms with Crippen LogP contribution in [0.2, 0.25) is 5.02 Å². The van der Waals surface area contributed by atoms with Crippen molar-refractivity contribution in [2.24, 2.45) is 0 Å². The van der Waals surface area contributed by atoms with Gasteiger partial charge in [-0.25, -0.2) is 0 Å².